The lowest BCUT2D eigenvalue weighted by Gasteiger charge is -2.34. The predicted octanol–water partition coefficient (Wildman–Crippen LogP) is 4.92. The third-order valence-electron chi connectivity index (χ3n) is 7.99. The summed E-state index contributed by atoms with van der Waals surface area (Å²) in [6.07, 6.45) is 5.43. The number of aldehydes is 1. The molecule has 0 saturated carbocycles. The Balaban J connectivity index is 1.39. The first kappa shape index (κ1) is 34.2. The molecule has 0 aliphatic heterocycles. The minimum absolute atomic E-state index is 0.184. The number of hydrogen-bond acceptors (Lipinski definition) is 8. The molecule has 12 nitrogen and oxygen atoms in total. The number of anilines is 1. The Morgan fingerprint density at radius 3 is 2.46 bits per heavy atom. The van der Waals surface area contributed by atoms with Gasteiger partial charge in [-0.15, -0.1) is 10.2 Å². The third-order valence-corrected chi connectivity index (χ3v) is 7.99. The van der Waals surface area contributed by atoms with Crippen molar-refractivity contribution < 1.29 is 19.1 Å². The Kier molecular flexibility index (Phi) is 9.41. The van der Waals surface area contributed by atoms with Crippen molar-refractivity contribution in [2.24, 2.45) is 0 Å². The number of likely N-dealkylation sites (N-methyl/N-ethyl adjacent to an activating group) is 1. The lowest BCUT2D eigenvalue weighted by Crippen LogP contribution is -2.49. The van der Waals surface area contributed by atoms with E-state index in [1.807, 2.05) is 80.7 Å². The second-order valence-corrected chi connectivity index (χ2v) is 14.4. The summed E-state index contributed by atoms with van der Waals surface area (Å²) in [6, 6.07) is 13.7. The van der Waals surface area contributed by atoms with Crippen LogP contribution < -0.4 is 20.7 Å². The van der Waals surface area contributed by atoms with Gasteiger partial charge in [-0.05, 0) is 56.1 Å². The van der Waals surface area contributed by atoms with Crippen LogP contribution in [0.5, 0.6) is 5.75 Å². The summed E-state index contributed by atoms with van der Waals surface area (Å²) in [5.41, 5.74) is 1.11. The van der Waals surface area contributed by atoms with Crippen molar-refractivity contribution in [2.45, 2.75) is 64.0 Å². The molecule has 0 fully saturated rings. The van der Waals surface area contributed by atoms with Crippen molar-refractivity contribution in [1.82, 2.24) is 35.1 Å². The zero-order chi connectivity index (χ0) is 34.9. The summed E-state index contributed by atoms with van der Waals surface area (Å²) in [7, 11) is 3.85. The summed E-state index contributed by atoms with van der Waals surface area (Å²) in [5.74, 6) is 1.05. The van der Waals surface area contributed by atoms with E-state index in [4.69, 9.17) is 4.74 Å². The number of carbonyl (C=O) groups excluding carboxylic acids is 3. The molecule has 2 atom stereocenters. The first-order valence-corrected chi connectivity index (χ1v) is 15.9. The normalized spacial score (nSPS) is 17.6. The first-order valence-electron chi connectivity index (χ1n) is 15.9. The number of aromatic nitrogens is 4. The van der Waals surface area contributed by atoms with Crippen molar-refractivity contribution in [1.29, 1.82) is 0 Å². The monoisotopic (exact) mass is 652 g/mol. The number of urea groups is 1. The lowest BCUT2D eigenvalue weighted by atomic mass is 9.81. The van der Waals surface area contributed by atoms with Gasteiger partial charge in [0.05, 0.1) is 6.20 Å². The highest BCUT2D eigenvalue weighted by Crippen LogP contribution is 2.37. The van der Waals surface area contributed by atoms with Gasteiger partial charge in [0, 0.05) is 40.9 Å². The van der Waals surface area contributed by atoms with Crippen molar-refractivity contribution >= 4 is 29.6 Å². The largest absolute Gasteiger partial charge is 0.480 e. The Bertz CT molecular complexity index is 1870. The fourth-order valence-corrected chi connectivity index (χ4v) is 5.43. The smallest absolute Gasteiger partial charge is 0.320 e. The molecule has 0 bridgehead atoms. The number of amides is 3. The molecular formula is C36H44N8O4. The number of fused-ring (bicyclic) bond motifs is 2. The highest BCUT2D eigenvalue weighted by molar-refractivity contribution is 5.96. The van der Waals surface area contributed by atoms with Gasteiger partial charge in [0.1, 0.15) is 28.9 Å². The SMILES string of the molecule is CN(C)CCNC(=O)c1cc(NC(=O)N[C@@]2(C=O)C=C[C@@H](Oc3ccc4nnc(C(C)(C)C)n4c3)c3ccccc32)cc(C(C)(C)C)n1. The average molecular weight is 653 g/mol. The second-order valence-electron chi connectivity index (χ2n) is 14.4. The van der Waals surface area contributed by atoms with E-state index in [1.165, 1.54) is 6.07 Å². The van der Waals surface area contributed by atoms with Crippen LogP contribution in [0.1, 0.15) is 80.8 Å². The van der Waals surface area contributed by atoms with E-state index in [1.54, 1.807) is 24.3 Å². The molecule has 4 aromatic rings. The molecule has 0 unspecified atom stereocenters. The number of carbonyl (C=O) groups is 3. The number of nitrogens with one attached hydrogen (secondary N) is 3. The van der Waals surface area contributed by atoms with Crippen molar-refractivity contribution in [2.75, 3.05) is 32.5 Å². The molecule has 0 saturated heterocycles. The van der Waals surface area contributed by atoms with Gasteiger partial charge >= 0.3 is 6.03 Å². The maximum absolute atomic E-state index is 13.5. The standard InChI is InChI=1S/C36H44N8O4/c1-34(2,3)29-20-23(19-27(39-29)31(46)37-17-18-43(7)8)38-33(47)40-36(22-45)16-15-28(25-11-9-10-12-26(25)36)48-24-13-14-30-41-42-32(35(4,5)6)44(30)21-24/h9-16,19-22,28H,17-18H2,1-8H3,(H,37,46)(H2,38,39,40,47)/t28-,36-/m1/s1. The van der Waals surface area contributed by atoms with Gasteiger partial charge in [-0.2, -0.15) is 0 Å². The molecule has 1 aromatic carbocycles. The van der Waals surface area contributed by atoms with Crippen LogP contribution >= 0.6 is 0 Å². The summed E-state index contributed by atoms with van der Waals surface area (Å²) in [4.78, 5) is 45.9. The molecule has 1 aliphatic rings. The molecule has 0 spiro atoms. The Morgan fingerprint density at radius 2 is 1.77 bits per heavy atom. The van der Waals surface area contributed by atoms with Gasteiger partial charge < -0.3 is 25.6 Å². The Labute approximate surface area is 281 Å². The fourth-order valence-electron chi connectivity index (χ4n) is 5.43. The van der Waals surface area contributed by atoms with E-state index < -0.39 is 23.1 Å². The van der Waals surface area contributed by atoms with Gasteiger partial charge in [-0.3, -0.25) is 14.0 Å². The van der Waals surface area contributed by atoms with Gasteiger partial charge in [-0.1, -0.05) is 65.8 Å². The summed E-state index contributed by atoms with van der Waals surface area (Å²) >= 11 is 0. The van der Waals surface area contributed by atoms with Crippen LogP contribution in [0.25, 0.3) is 5.65 Å². The molecule has 3 amide bonds. The molecule has 3 aromatic heterocycles. The molecule has 3 N–H and O–H groups in total. The quantitative estimate of drug-likeness (QED) is 0.171. The van der Waals surface area contributed by atoms with Crippen molar-refractivity contribution in [3.8, 4) is 5.75 Å². The van der Waals surface area contributed by atoms with Gasteiger partial charge in [0.25, 0.3) is 5.91 Å². The minimum atomic E-state index is -1.47. The fraction of sp³-hybridized carbons (Fsp3) is 0.389. The minimum Gasteiger partial charge on any atom is -0.480 e. The van der Waals surface area contributed by atoms with Crippen LogP contribution in [-0.4, -0.2) is 69.9 Å². The Morgan fingerprint density at radius 1 is 1.02 bits per heavy atom. The number of ether oxygens (including phenoxy) is 1. The maximum Gasteiger partial charge on any atom is 0.320 e. The number of benzene rings is 1. The molecule has 1 aliphatic carbocycles. The van der Waals surface area contributed by atoms with E-state index in [2.05, 4.69) is 51.9 Å². The Hall–Kier alpha value is -5.10. The van der Waals surface area contributed by atoms with Crippen LogP contribution in [0, 0.1) is 0 Å². The number of nitrogens with zero attached hydrogens (tertiary/aromatic N) is 5. The number of rotatable bonds is 9. The summed E-state index contributed by atoms with van der Waals surface area (Å²) < 4.78 is 8.35. The highest BCUT2D eigenvalue weighted by atomic mass is 16.5. The highest BCUT2D eigenvalue weighted by Gasteiger charge is 2.38. The van der Waals surface area contributed by atoms with Gasteiger partial charge in [0.15, 0.2) is 11.9 Å². The zero-order valence-corrected chi connectivity index (χ0v) is 28.8. The van der Waals surface area contributed by atoms with Crippen LogP contribution in [0.3, 0.4) is 0 Å². The van der Waals surface area contributed by atoms with E-state index in [0.29, 0.717) is 47.7 Å². The van der Waals surface area contributed by atoms with Crippen LogP contribution in [0.2, 0.25) is 0 Å². The van der Waals surface area contributed by atoms with Crippen LogP contribution in [0.15, 0.2) is 66.9 Å². The lowest BCUT2D eigenvalue weighted by molar-refractivity contribution is -0.111. The summed E-state index contributed by atoms with van der Waals surface area (Å²) in [5, 5.41) is 17.2. The molecule has 252 valence electrons. The van der Waals surface area contributed by atoms with E-state index >= 15 is 0 Å². The van der Waals surface area contributed by atoms with E-state index in [0.717, 1.165) is 11.4 Å². The van der Waals surface area contributed by atoms with Crippen molar-refractivity contribution in [3.05, 3.63) is 95.2 Å². The topological polar surface area (TPSA) is 143 Å². The van der Waals surface area contributed by atoms with Gasteiger partial charge in [-0.25, -0.2) is 9.78 Å². The maximum atomic E-state index is 13.5. The molecule has 12 heteroatoms. The number of hydrogen-bond donors (Lipinski definition) is 3. The average Bonchev–Trinajstić information content (AvgIpc) is 3.46. The molecule has 0 radical (unpaired) electrons. The number of pyridine rings is 2. The molecular weight excluding hydrogens is 608 g/mol. The first-order chi connectivity index (χ1) is 22.6. The van der Waals surface area contributed by atoms with Crippen LogP contribution in [-0.2, 0) is 21.2 Å². The second kappa shape index (κ2) is 13.2. The van der Waals surface area contributed by atoms with Crippen LogP contribution in [0.4, 0.5) is 10.5 Å². The molecule has 48 heavy (non-hydrogen) atoms. The van der Waals surface area contributed by atoms with Crippen molar-refractivity contribution in [3.63, 3.8) is 0 Å². The molecule has 5 rings (SSSR count). The van der Waals surface area contributed by atoms with E-state index in [-0.39, 0.29) is 17.0 Å². The van der Waals surface area contributed by atoms with E-state index in [9.17, 15) is 14.4 Å². The third kappa shape index (κ3) is 7.38. The predicted molar refractivity (Wildman–Crippen MR) is 184 cm³/mol. The molecule has 3 heterocycles. The summed E-state index contributed by atoms with van der Waals surface area (Å²) in [6.45, 7) is 13.3. The zero-order valence-electron chi connectivity index (χ0n) is 28.8. The van der Waals surface area contributed by atoms with Gasteiger partial charge in [0.2, 0.25) is 0 Å².